The quantitative estimate of drug-likeness (QED) is 0.911. The number of hydrogen-bond donors (Lipinski definition) is 1. The van der Waals surface area contributed by atoms with E-state index in [2.05, 4.69) is 38.7 Å². The average Bonchev–Trinajstić information content (AvgIpc) is 2.84. The number of fused-ring (bicyclic) bond motifs is 3. The molecule has 3 aliphatic rings. The number of rotatable bonds is 4. The van der Waals surface area contributed by atoms with Crippen LogP contribution in [-0.2, 0) is 0 Å². The molecule has 5 nitrogen and oxygen atoms in total. The monoisotopic (exact) mass is 297 g/mol. The fourth-order valence-corrected chi connectivity index (χ4v) is 3.79. The Bertz CT molecular complexity index is 464. The lowest BCUT2D eigenvalue weighted by Gasteiger charge is -2.50. The highest BCUT2D eigenvalue weighted by molar-refractivity contribution is 6.31. The Balaban J connectivity index is 1.92. The topological polar surface area (TPSA) is 36.3 Å². The van der Waals surface area contributed by atoms with Gasteiger partial charge in [0.1, 0.15) is 0 Å². The maximum atomic E-state index is 6.43. The maximum absolute atomic E-state index is 6.43. The minimum atomic E-state index is 0.232. The van der Waals surface area contributed by atoms with E-state index in [1.165, 1.54) is 13.1 Å². The Kier molecular flexibility index (Phi) is 4.04. The van der Waals surface area contributed by atoms with Crippen molar-refractivity contribution < 1.29 is 0 Å². The Morgan fingerprint density at radius 3 is 2.50 bits per heavy atom. The van der Waals surface area contributed by atoms with Gasteiger partial charge in [0, 0.05) is 44.8 Å². The molecule has 6 heteroatoms. The van der Waals surface area contributed by atoms with Crippen molar-refractivity contribution in [3.8, 4) is 0 Å². The predicted octanol–water partition coefficient (Wildman–Crippen LogP) is 1.38. The fourth-order valence-electron chi connectivity index (χ4n) is 3.54. The van der Waals surface area contributed by atoms with Crippen molar-refractivity contribution in [2.24, 2.45) is 0 Å². The van der Waals surface area contributed by atoms with E-state index in [-0.39, 0.29) is 6.04 Å². The first-order valence-corrected chi connectivity index (χ1v) is 7.86. The molecule has 1 N–H and O–H groups in total. The van der Waals surface area contributed by atoms with Crippen LogP contribution in [-0.4, -0.2) is 65.4 Å². The summed E-state index contributed by atoms with van der Waals surface area (Å²) in [6.45, 7) is 10.1. The molecule has 0 aromatic carbocycles. The lowest BCUT2D eigenvalue weighted by Crippen LogP contribution is -2.64. The summed E-state index contributed by atoms with van der Waals surface area (Å²) in [6, 6.07) is 1.04. The van der Waals surface area contributed by atoms with Gasteiger partial charge in [-0.1, -0.05) is 11.6 Å². The molecule has 2 bridgehead atoms. The molecule has 3 fully saturated rings. The van der Waals surface area contributed by atoms with Gasteiger partial charge in [-0.05, 0) is 20.9 Å². The molecule has 0 saturated carbocycles. The summed E-state index contributed by atoms with van der Waals surface area (Å²) in [5.41, 5.74) is 1.13. The van der Waals surface area contributed by atoms with Gasteiger partial charge in [0.15, 0.2) is 0 Å². The summed E-state index contributed by atoms with van der Waals surface area (Å²) < 4.78 is 2.06. The smallest absolute Gasteiger partial charge is 0.0834 e. The summed E-state index contributed by atoms with van der Waals surface area (Å²) in [5.74, 6) is 0. The van der Waals surface area contributed by atoms with Crippen LogP contribution in [0.25, 0.3) is 0 Å². The van der Waals surface area contributed by atoms with Crippen LogP contribution in [0, 0.1) is 0 Å². The Morgan fingerprint density at radius 1 is 1.30 bits per heavy atom. The third-order valence-corrected chi connectivity index (χ3v) is 4.88. The second-order valence-electron chi connectivity index (χ2n) is 6.09. The molecule has 112 valence electrons. The van der Waals surface area contributed by atoms with Gasteiger partial charge < -0.3 is 5.32 Å². The van der Waals surface area contributed by atoms with E-state index < -0.39 is 0 Å². The highest BCUT2D eigenvalue weighted by Crippen LogP contribution is 2.32. The van der Waals surface area contributed by atoms with Crippen LogP contribution in [0.1, 0.15) is 31.6 Å². The summed E-state index contributed by atoms with van der Waals surface area (Å²) in [5, 5.41) is 8.71. The number of nitrogens with zero attached hydrogens (tertiary/aromatic N) is 4. The van der Waals surface area contributed by atoms with E-state index in [9.17, 15) is 0 Å². The molecular weight excluding hydrogens is 274 g/mol. The number of hydrogen-bond acceptors (Lipinski definition) is 4. The maximum Gasteiger partial charge on any atom is 0.0834 e. The molecular formula is C14H24ClN5. The number of aromatic nitrogens is 2. The molecule has 3 aliphatic heterocycles. The van der Waals surface area contributed by atoms with Gasteiger partial charge in [-0.2, -0.15) is 5.10 Å². The van der Waals surface area contributed by atoms with Gasteiger partial charge in [-0.25, -0.2) is 0 Å². The fraction of sp³-hybridized carbons (Fsp3) is 0.786. The Hall–Kier alpha value is -0.620. The average molecular weight is 298 g/mol. The minimum absolute atomic E-state index is 0.232. The van der Waals surface area contributed by atoms with Crippen LogP contribution in [0.15, 0.2) is 6.20 Å². The molecule has 3 saturated heterocycles. The number of piperazine rings is 3. The summed E-state index contributed by atoms with van der Waals surface area (Å²) in [6.07, 6.45) is 1.78. The highest BCUT2D eigenvalue weighted by Gasteiger charge is 2.39. The SMILES string of the molecule is CNC(c1c(Cl)cnn1C(C)C)C1CN2CCN1CC2. The van der Waals surface area contributed by atoms with Crippen molar-refractivity contribution in [1.82, 2.24) is 24.9 Å². The van der Waals surface area contributed by atoms with Gasteiger partial charge in [0.25, 0.3) is 0 Å². The second kappa shape index (κ2) is 5.64. The first-order chi connectivity index (χ1) is 9.61. The molecule has 4 rings (SSSR count). The van der Waals surface area contributed by atoms with Crippen molar-refractivity contribution in [2.75, 3.05) is 39.8 Å². The molecule has 1 aromatic heterocycles. The van der Waals surface area contributed by atoms with Gasteiger partial charge >= 0.3 is 0 Å². The molecule has 1 aromatic rings. The van der Waals surface area contributed by atoms with Crippen LogP contribution < -0.4 is 5.32 Å². The van der Waals surface area contributed by atoms with Crippen molar-refractivity contribution >= 4 is 11.6 Å². The lowest BCUT2D eigenvalue weighted by molar-refractivity contribution is -0.00395. The van der Waals surface area contributed by atoms with Gasteiger partial charge in [-0.3, -0.25) is 14.5 Å². The van der Waals surface area contributed by atoms with Crippen LogP contribution in [0.4, 0.5) is 0 Å². The van der Waals surface area contributed by atoms with E-state index in [0.717, 1.165) is 30.4 Å². The third-order valence-electron chi connectivity index (χ3n) is 4.59. The normalized spacial score (nSPS) is 30.9. The predicted molar refractivity (Wildman–Crippen MR) is 81.2 cm³/mol. The molecule has 2 atom stereocenters. The van der Waals surface area contributed by atoms with E-state index in [0.29, 0.717) is 12.1 Å². The number of likely N-dealkylation sites (N-methyl/N-ethyl adjacent to an activating group) is 1. The zero-order valence-electron chi connectivity index (χ0n) is 12.5. The molecule has 20 heavy (non-hydrogen) atoms. The Labute approximate surface area is 125 Å². The van der Waals surface area contributed by atoms with Crippen molar-refractivity contribution in [1.29, 1.82) is 0 Å². The largest absolute Gasteiger partial charge is 0.310 e. The summed E-state index contributed by atoms with van der Waals surface area (Å²) in [4.78, 5) is 5.15. The number of nitrogens with one attached hydrogen (secondary N) is 1. The standard InChI is InChI=1S/C14H24ClN5/c1-10(2)20-14(11(15)8-17-20)13(16-3)12-9-18-4-6-19(12)7-5-18/h8,10,12-13,16H,4-7,9H2,1-3H3. The molecule has 0 amide bonds. The molecule has 0 aliphatic carbocycles. The zero-order valence-corrected chi connectivity index (χ0v) is 13.3. The van der Waals surface area contributed by atoms with Crippen molar-refractivity contribution in [3.05, 3.63) is 16.9 Å². The summed E-state index contributed by atoms with van der Waals surface area (Å²) >= 11 is 6.43. The molecule has 0 spiro atoms. The Morgan fingerprint density at radius 2 is 2.00 bits per heavy atom. The van der Waals surface area contributed by atoms with Crippen LogP contribution in [0.5, 0.6) is 0 Å². The second-order valence-corrected chi connectivity index (χ2v) is 6.49. The highest BCUT2D eigenvalue weighted by atomic mass is 35.5. The van der Waals surface area contributed by atoms with E-state index in [4.69, 9.17) is 11.6 Å². The van der Waals surface area contributed by atoms with Crippen molar-refractivity contribution in [3.63, 3.8) is 0 Å². The molecule has 4 heterocycles. The van der Waals surface area contributed by atoms with E-state index >= 15 is 0 Å². The third kappa shape index (κ3) is 2.37. The van der Waals surface area contributed by atoms with Crippen molar-refractivity contribution in [2.45, 2.75) is 32.0 Å². The van der Waals surface area contributed by atoms with E-state index in [1.807, 2.05) is 7.05 Å². The number of halogens is 1. The van der Waals surface area contributed by atoms with Crippen LogP contribution in [0.2, 0.25) is 5.02 Å². The lowest BCUT2D eigenvalue weighted by atomic mass is 9.97. The molecule has 0 radical (unpaired) electrons. The van der Waals surface area contributed by atoms with Gasteiger partial charge in [-0.15, -0.1) is 0 Å². The summed E-state index contributed by atoms with van der Waals surface area (Å²) in [7, 11) is 2.03. The van der Waals surface area contributed by atoms with Gasteiger partial charge in [0.2, 0.25) is 0 Å². The first kappa shape index (κ1) is 14.3. The molecule has 2 unspecified atom stereocenters. The van der Waals surface area contributed by atoms with Gasteiger partial charge in [0.05, 0.1) is 23.0 Å². The first-order valence-electron chi connectivity index (χ1n) is 7.48. The zero-order chi connectivity index (χ0) is 14.3. The minimum Gasteiger partial charge on any atom is -0.310 e. The van der Waals surface area contributed by atoms with E-state index in [1.54, 1.807) is 6.20 Å². The van der Waals surface area contributed by atoms with Crippen LogP contribution in [0.3, 0.4) is 0 Å². The van der Waals surface area contributed by atoms with Crippen LogP contribution >= 0.6 is 11.6 Å².